The lowest BCUT2D eigenvalue weighted by molar-refractivity contribution is 0.0905. The molecule has 2 aliphatic rings. The van der Waals surface area contributed by atoms with Crippen LogP contribution in [0.25, 0.3) is 0 Å². The summed E-state index contributed by atoms with van der Waals surface area (Å²) in [7, 11) is 1.67. The predicted octanol–water partition coefficient (Wildman–Crippen LogP) is 2.04. The Hall–Kier alpha value is -1.06. The Morgan fingerprint density at radius 1 is 1.33 bits per heavy atom. The minimum Gasteiger partial charge on any atom is -0.497 e. The van der Waals surface area contributed by atoms with Gasteiger partial charge in [0, 0.05) is 12.0 Å². The maximum atomic E-state index is 10.5. The summed E-state index contributed by atoms with van der Waals surface area (Å²) in [5.74, 6) is 1.16. The minimum atomic E-state index is -0.342. The maximum Gasteiger partial charge on any atom is 0.119 e. The summed E-state index contributed by atoms with van der Waals surface area (Å²) in [5, 5.41) is 14.1. The lowest BCUT2D eigenvalue weighted by atomic mass is 9.88. The van der Waals surface area contributed by atoms with Crippen molar-refractivity contribution in [2.75, 3.05) is 13.7 Å². The van der Waals surface area contributed by atoms with Crippen molar-refractivity contribution in [2.45, 2.75) is 37.8 Å². The van der Waals surface area contributed by atoms with Gasteiger partial charge in [0.1, 0.15) is 5.75 Å². The molecule has 1 aromatic rings. The molecule has 3 heteroatoms. The average Bonchev–Trinajstić information content (AvgIpc) is 2.77. The highest BCUT2D eigenvalue weighted by atomic mass is 16.5. The molecule has 0 aromatic heterocycles. The van der Waals surface area contributed by atoms with Crippen molar-refractivity contribution < 1.29 is 9.84 Å². The Balaban J connectivity index is 1.81. The van der Waals surface area contributed by atoms with Crippen LogP contribution in [0.3, 0.4) is 0 Å². The summed E-state index contributed by atoms with van der Waals surface area (Å²) in [6.45, 7) is 1.09. The normalized spacial score (nSPS) is 31.1. The van der Waals surface area contributed by atoms with Crippen molar-refractivity contribution >= 4 is 0 Å². The van der Waals surface area contributed by atoms with E-state index in [1.807, 2.05) is 12.1 Å². The number of rotatable bonds is 2. The molecule has 2 N–H and O–H groups in total. The molecule has 1 aromatic carbocycles. The maximum absolute atomic E-state index is 10.5. The fourth-order valence-electron chi connectivity index (χ4n) is 3.36. The van der Waals surface area contributed by atoms with E-state index in [0.29, 0.717) is 12.0 Å². The smallest absolute Gasteiger partial charge is 0.119 e. The Kier molecular flexibility index (Phi) is 3.27. The molecule has 3 unspecified atom stereocenters. The summed E-state index contributed by atoms with van der Waals surface area (Å²) in [6, 6.07) is 6.54. The van der Waals surface area contributed by atoms with Gasteiger partial charge in [0.25, 0.3) is 0 Å². The summed E-state index contributed by atoms with van der Waals surface area (Å²) in [4.78, 5) is 0. The monoisotopic (exact) mass is 247 g/mol. The topological polar surface area (TPSA) is 41.5 Å². The van der Waals surface area contributed by atoms with Gasteiger partial charge in [-0.15, -0.1) is 0 Å². The van der Waals surface area contributed by atoms with Gasteiger partial charge in [-0.2, -0.15) is 0 Å². The van der Waals surface area contributed by atoms with E-state index >= 15 is 0 Å². The van der Waals surface area contributed by atoms with Crippen LogP contribution < -0.4 is 10.1 Å². The Bertz CT molecular complexity index is 427. The van der Waals surface area contributed by atoms with E-state index in [0.717, 1.165) is 24.3 Å². The van der Waals surface area contributed by atoms with Crippen LogP contribution in [0.5, 0.6) is 5.75 Å². The van der Waals surface area contributed by atoms with E-state index in [2.05, 4.69) is 11.4 Å². The summed E-state index contributed by atoms with van der Waals surface area (Å²) >= 11 is 0. The molecule has 0 amide bonds. The van der Waals surface area contributed by atoms with E-state index in [-0.39, 0.29) is 6.10 Å². The molecule has 1 fully saturated rings. The second kappa shape index (κ2) is 4.90. The van der Waals surface area contributed by atoms with Crippen LogP contribution >= 0.6 is 0 Å². The highest BCUT2D eigenvalue weighted by Gasteiger charge is 2.36. The van der Waals surface area contributed by atoms with E-state index in [1.54, 1.807) is 7.11 Å². The Morgan fingerprint density at radius 3 is 2.94 bits per heavy atom. The number of aliphatic hydroxyl groups excluding tert-OH is 1. The van der Waals surface area contributed by atoms with Crippen LogP contribution in [0.2, 0.25) is 0 Å². The van der Waals surface area contributed by atoms with Gasteiger partial charge in [-0.1, -0.05) is 12.5 Å². The number of ether oxygens (including phenoxy) is 1. The van der Waals surface area contributed by atoms with E-state index in [1.165, 1.54) is 24.8 Å². The van der Waals surface area contributed by atoms with Gasteiger partial charge in [-0.25, -0.2) is 0 Å². The van der Waals surface area contributed by atoms with Crippen LogP contribution in [0.1, 0.15) is 36.5 Å². The molecule has 0 radical (unpaired) electrons. The second-order valence-corrected chi connectivity index (χ2v) is 5.43. The minimum absolute atomic E-state index is 0.326. The van der Waals surface area contributed by atoms with Gasteiger partial charge in [0.05, 0.1) is 13.2 Å². The van der Waals surface area contributed by atoms with Crippen molar-refractivity contribution in [1.29, 1.82) is 0 Å². The quantitative estimate of drug-likeness (QED) is 0.840. The Labute approximate surface area is 108 Å². The second-order valence-electron chi connectivity index (χ2n) is 5.43. The molecule has 3 rings (SSSR count). The highest BCUT2D eigenvalue weighted by molar-refractivity contribution is 5.41. The van der Waals surface area contributed by atoms with E-state index in [9.17, 15) is 5.11 Å². The lowest BCUT2D eigenvalue weighted by Crippen LogP contribution is -2.41. The molecular weight excluding hydrogens is 226 g/mol. The molecule has 1 aliphatic heterocycles. The number of nitrogens with one attached hydrogen (secondary N) is 1. The molecular formula is C15H21NO2. The van der Waals surface area contributed by atoms with Gasteiger partial charge >= 0.3 is 0 Å². The molecule has 0 saturated carbocycles. The van der Waals surface area contributed by atoms with E-state index in [4.69, 9.17) is 4.74 Å². The summed E-state index contributed by atoms with van der Waals surface area (Å²) in [6.07, 6.45) is 4.37. The molecule has 0 bridgehead atoms. The van der Waals surface area contributed by atoms with E-state index < -0.39 is 0 Å². The van der Waals surface area contributed by atoms with Crippen molar-refractivity contribution in [3.8, 4) is 5.75 Å². The summed E-state index contributed by atoms with van der Waals surface area (Å²) in [5.41, 5.74) is 2.34. The first-order valence-electron chi connectivity index (χ1n) is 6.88. The largest absolute Gasteiger partial charge is 0.497 e. The highest BCUT2D eigenvalue weighted by Crippen LogP contribution is 2.40. The standard InChI is InChI=1S/C15H21NO2/c1-18-11-6-5-10-8-13(15(17)12(10)9-11)14-4-2-3-7-16-14/h5-6,9,13-17H,2-4,7-8H2,1H3. The summed E-state index contributed by atoms with van der Waals surface area (Å²) < 4.78 is 5.24. The van der Waals surface area contributed by atoms with Gasteiger partial charge in [-0.05, 0) is 49.1 Å². The number of hydrogen-bond donors (Lipinski definition) is 2. The molecule has 1 saturated heterocycles. The fraction of sp³-hybridized carbons (Fsp3) is 0.600. The molecule has 3 atom stereocenters. The van der Waals surface area contributed by atoms with Gasteiger partial charge < -0.3 is 15.2 Å². The molecule has 98 valence electrons. The predicted molar refractivity (Wildman–Crippen MR) is 70.8 cm³/mol. The number of piperidine rings is 1. The van der Waals surface area contributed by atoms with Gasteiger partial charge in [0.15, 0.2) is 0 Å². The number of aliphatic hydroxyl groups is 1. The van der Waals surface area contributed by atoms with Crippen LogP contribution in [-0.2, 0) is 6.42 Å². The van der Waals surface area contributed by atoms with Crippen molar-refractivity contribution in [3.05, 3.63) is 29.3 Å². The van der Waals surface area contributed by atoms with Crippen molar-refractivity contribution in [1.82, 2.24) is 5.32 Å². The van der Waals surface area contributed by atoms with Gasteiger partial charge in [-0.3, -0.25) is 0 Å². The number of hydrogen-bond acceptors (Lipinski definition) is 3. The third-order valence-corrected chi connectivity index (χ3v) is 4.40. The third kappa shape index (κ3) is 2.02. The fourth-order valence-corrected chi connectivity index (χ4v) is 3.36. The van der Waals surface area contributed by atoms with Crippen molar-refractivity contribution in [2.24, 2.45) is 5.92 Å². The molecule has 18 heavy (non-hydrogen) atoms. The number of benzene rings is 1. The average molecular weight is 247 g/mol. The SMILES string of the molecule is COc1ccc2c(c1)C(O)C(C1CCCCN1)C2. The zero-order chi connectivity index (χ0) is 12.5. The van der Waals surface area contributed by atoms with Gasteiger partial charge in [0.2, 0.25) is 0 Å². The zero-order valence-electron chi connectivity index (χ0n) is 10.9. The first-order chi connectivity index (χ1) is 8.79. The number of fused-ring (bicyclic) bond motifs is 1. The Morgan fingerprint density at radius 2 is 2.22 bits per heavy atom. The molecule has 1 heterocycles. The molecule has 0 spiro atoms. The zero-order valence-corrected chi connectivity index (χ0v) is 10.9. The first kappa shape index (κ1) is 12.0. The molecule has 1 aliphatic carbocycles. The van der Waals surface area contributed by atoms with Crippen LogP contribution in [-0.4, -0.2) is 24.8 Å². The molecule has 3 nitrogen and oxygen atoms in total. The third-order valence-electron chi connectivity index (χ3n) is 4.40. The van der Waals surface area contributed by atoms with Crippen LogP contribution in [0.15, 0.2) is 18.2 Å². The van der Waals surface area contributed by atoms with Crippen LogP contribution in [0, 0.1) is 5.92 Å². The lowest BCUT2D eigenvalue weighted by Gasteiger charge is -2.30. The first-order valence-corrected chi connectivity index (χ1v) is 6.88. The number of methoxy groups -OCH3 is 1. The van der Waals surface area contributed by atoms with Crippen molar-refractivity contribution in [3.63, 3.8) is 0 Å². The van der Waals surface area contributed by atoms with Crippen LogP contribution in [0.4, 0.5) is 0 Å².